The molecule has 0 aliphatic rings. The maximum Gasteiger partial charge on any atom is 0.252 e. The number of carbonyl (C=O) groups excluding carboxylic acids is 2. The van der Waals surface area contributed by atoms with Crippen LogP contribution in [0.2, 0.25) is 0 Å². The first-order valence-electron chi connectivity index (χ1n) is 4.62. The number of rotatable bonds is 3. The molecule has 1 aromatic carbocycles. The van der Waals surface area contributed by atoms with Crippen LogP contribution in [0.4, 0.5) is 0 Å². The Hall–Kier alpha value is -1.90. The Morgan fingerprint density at radius 3 is 2.47 bits per heavy atom. The number of benzene rings is 1. The molecule has 3 heteroatoms. The van der Waals surface area contributed by atoms with Crippen molar-refractivity contribution in [1.29, 1.82) is 0 Å². The van der Waals surface area contributed by atoms with Gasteiger partial charge in [-0.3, -0.25) is 14.5 Å². The van der Waals surface area contributed by atoms with Crippen molar-refractivity contribution in [2.45, 2.75) is 6.42 Å². The summed E-state index contributed by atoms with van der Waals surface area (Å²) in [6.07, 6.45) is 1.36. The highest BCUT2D eigenvalue weighted by Gasteiger charge is 2.13. The Morgan fingerprint density at radius 1 is 1.33 bits per heavy atom. The van der Waals surface area contributed by atoms with E-state index in [4.69, 9.17) is 0 Å². The van der Waals surface area contributed by atoms with E-state index >= 15 is 0 Å². The van der Waals surface area contributed by atoms with Crippen molar-refractivity contribution in [2.75, 3.05) is 7.05 Å². The Kier molecular flexibility index (Phi) is 3.80. The molecule has 78 valence electrons. The van der Waals surface area contributed by atoms with Crippen molar-refractivity contribution in [2.24, 2.45) is 0 Å². The van der Waals surface area contributed by atoms with Gasteiger partial charge in [-0.15, -0.1) is 0 Å². The summed E-state index contributed by atoms with van der Waals surface area (Å²) in [7, 11) is 1.45. The molecule has 1 rings (SSSR count). The summed E-state index contributed by atoms with van der Waals surface area (Å²) in [6, 6.07) is 9.30. The van der Waals surface area contributed by atoms with E-state index in [9.17, 15) is 9.59 Å². The van der Waals surface area contributed by atoms with Crippen LogP contribution in [-0.4, -0.2) is 23.8 Å². The van der Waals surface area contributed by atoms with Gasteiger partial charge in [0.25, 0.3) is 5.91 Å². The fourth-order valence-electron chi connectivity index (χ4n) is 1.15. The van der Waals surface area contributed by atoms with Crippen LogP contribution in [-0.2, 0) is 16.0 Å². The van der Waals surface area contributed by atoms with Gasteiger partial charge in [-0.25, -0.2) is 0 Å². The predicted octanol–water partition coefficient (Wildman–Crippen LogP) is 1.40. The summed E-state index contributed by atoms with van der Waals surface area (Å²) < 4.78 is 0. The van der Waals surface area contributed by atoms with E-state index in [-0.39, 0.29) is 18.2 Å². The molecule has 0 radical (unpaired) electrons. The lowest BCUT2D eigenvalue weighted by Crippen LogP contribution is -2.32. The first kappa shape index (κ1) is 11.2. The van der Waals surface area contributed by atoms with Gasteiger partial charge < -0.3 is 0 Å². The Bertz CT molecular complexity index is 370. The third-order valence-corrected chi connectivity index (χ3v) is 2.08. The molecular weight excluding hydrogens is 190 g/mol. The summed E-state index contributed by atoms with van der Waals surface area (Å²) in [4.78, 5) is 23.8. The summed E-state index contributed by atoms with van der Waals surface area (Å²) >= 11 is 0. The molecule has 15 heavy (non-hydrogen) atoms. The minimum absolute atomic E-state index is 0.230. The van der Waals surface area contributed by atoms with E-state index in [0.717, 1.165) is 16.5 Å². The van der Waals surface area contributed by atoms with E-state index in [1.807, 2.05) is 30.3 Å². The maximum atomic E-state index is 11.6. The van der Waals surface area contributed by atoms with Gasteiger partial charge >= 0.3 is 0 Å². The van der Waals surface area contributed by atoms with E-state index in [0.29, 0.717) is 0 Å². The molecule has 0 spiro atoms. The standard InChI is InChI=1S/C12H13NO2/c1-3-11(14)13(2)12(15)9-10-7-5-4-6-8-10/h3-8H,1,9H2,2H3. The molecule has 0 saturated carbocycles. The van der Waals surface area contributed by atoms with Crippen LogP contribution in [0.5, 0.6) is 0 Å². The first-order valence-corrected chi connectivity index (χ1v) is 4.62. The second-order valence-corrected chi connectivity index (χ2v) is 3.16. The minimum atomic E-state index is -0.379. The average molecular weight is 203 g/mol. The van der Waals surface area contributed by atoms with Gasteiger partial charge in [0.15, 0.2) is 0 Å². The van der Waals surface area contributed by atoms with Gasteiger partial charge in [-0.1, -0.05) is 36.9 Å². The van der Waals surface area contributed by atoms with Crippen molar-refractivity contribution in [3.8, 4) is 0 Å². The zero-order chi connectivity index (χ0) is 11.3. The zero-order valence-corrected chi connectivity index (χ0v) is 8.64. The molecule has 0 atom stereocenters. The quantitative estimate of drug-likeness (QED) is 0.696. The summed E-state index contributed by atoms with van der Waals surface area (Å²) in [5.41, 5.74) is 0.895. The molecule has 0 fully saturated rings. The van der Waals surface area contributed by atoms with E-state index in [1.165, 1.54) is 7.05 Å². The molecule has 0 aliphatic heterocycles. The van der Waals surface area contributed by atoms with Crippen LogP contribution < -0.4 is 0 Å². The van der Waals surface area contributed by atoms with Gasteiger partial charge in [0.1, 0.15) is 0 Å². The molecule has 0 N–H and O–H groups in total. The zero-order valence-electron chi connectivity index (χ0n) is 8.64. The number of hydrogen-bond donors (Lipinski definition) is 0. The minimum Gasteiger partial charge on any atom is -0.282 e. The smallest absolute Gasteiger partial charge is 0.252 e. The molecule has 3 nitrogen and oxygen atoms in total. The number of imide groups is 1. The SMILES string of the molecule is C=CC(=O)N(C)C(=O)Cc1ccccc1. The third kappa shape index (κ3) is 3.06. The Balaban J connectivity index is 2.64. The van der Waals surface area contributed by atoms with Gasteiger partial charge in [0, 0.05) is 7.05 Å². The molecule has 0 saturated heterocycles. The molecule has 1 aromatic rings. The lowest BCUT2D eigenvalue weighted by Gasteiger charge is -2.12. The Morgan fingerprint density at radius 2 is 1.93 bits per heavy atom. The highest BCUT2D eigenvalue weighted by atomic mass is 16.2. The summed E-state index contributed by atoms with van der Waals surface area (Å²) in [6.45, 7) is 3.33. The van der Waals surface area contributed by atoms with Crippen molar-refractivity contribution in [3.63, 3.8) is 0 Å². The number of carbonyl (C=O) groups is 2. The molecular formula is C12H13NO2. The van der Waals surface area contributed by atoms with Crippen LogP contribution in [0.15, 0.2) is 43.0 Å². The van der Waals surface area contributed by atoms with Crippen LogP contribution in [0, 0.1) is 0 Å². The Labute approximate surface area is 89.0 Å². The van der Waals surface area contributed by atoms with Crippen molar-refractivity contribution >= 4 is 11.8 Å². The highest BCUT2D eigenvalue weighted by molar-refractivity contribution is 6.00. The van der Waals surface area contributed by atoms with Crippen molar-refractivity contribution < 1.29 is 9.59 Å². The lowest BCUT2D eigenvalue weighted by molar-refractivity contribution is -0.139. The van der Waals surface area contributed by atoms with Gasteiger partial charge in [-0.2, -0.15) is 0 Å². The van der Waals surface area contributed by atoms with E-state index in [2.05, 4.69) is 6.58 Å². The largest absolute Gasteiger partial charge is 0.282 e. The van der Waals surface area contributed by atoms with Crippen LogP contribution in [0.25, 0.3) is 0 Å². The lowest BCUT2D eigenvalue weighted by atomic mass is 10.1. The molecule has 0 unspecified atom stereocenters. The second kappa shape index (κ2) is 5.10. The topological polar surface area (TPSA) is 37.4 Å². The molecule has 0 bridgehead atoms. The van der Waals surface area contributed by atoms with Crippen molar-refractivity contribution in [3.05, 3.63) is 48.6 Å². The molecule has 0 heterocycles. The number of amides is 2. The normalized spacial score (nSPS) is 9.40. The predicted molar refractivity (Wildman–Crippen MR) is 58.1 cm³/mol. The fourth-order valence-corrected chi connectivity index (χ4v) is 1.15. The third-order valence-electron chi connectivity index (χ3n) is 2.08. The van der Waals surface area contributed by atoms with Gasteiger partial charge in [-0.05, 0) is 11.6 Å². The summed E-state index contributed by atoms with van der Waals surface area (Å²) in [5.74, 6) is -0.609. The van der Waals surface area contributed by atoms with Crippen LogP contribution >= 0.6 is 0 Å². The molecule has 0 aliphatic carbocycles. The van der Waals surface area contributed by atoms with E-state index in [1.54, 1.807) is 0 Å². The van der Waals surface area contributed by atoms with Crippen LogP contribution in [0.1, 0.15) is 5.56 Å². The molecule has 2 amide bonds. The number of likely N-dealkylation sites (N-methyl/N-ethyl adjacent to an activating group) is 1. The summed E-state index contributed by atoms with van der Waals surface area (Å²) in [5, 5.41) is 0. The maximum absolute atomic E-state index is 11.6. The fraction of sp³-hybridized carbons (Fsp3) is 0.167. The van der Waals surface area contributed by atoms with Crippen LogP contribution in [0.3, 0.4) is 0 Å². The van der Waals surface area contributed by atoms with Crippen molar-refractivity contribution in [1.82, 2.24) is 4.90 Å². The highest BCUT2D eigenvalue weighted by Crippen LogP contribution is 2.02. The monoisotopic (exact) mass is 203 g/mol. The van der Waals surface area contributed by atoms with Gasteiger partial charge in [0.05, 0.1) is 6.42 Å². The average Bonchev–Trinajstić information content (AvgIpc) is 2.28. The van der Waals surface area contributed by atoms with Gasteiger partial charge in [0.2, 0.25) is 5.91 Å². The van der Waals surface area contributed by atoms with E-state index < -0.39 is 0 Å². The second-order valence-electron chi connectivity index (χ2n) is 3.16. The molecule has 0 aromatic heterocycles. The number of hydrogen-bond acceptors (Lipinski definition) is 2. The number of nitrogens with zero attached hydrogens (tertiary/aromatic N) is 1. The first-order chi connectivity index (χ1) is 7.15.